The van der Waals surface area contributed by atoms with Gasteiger partial charge in [-0.1, -0.05) is 11.6 Å². The predicted octanol–water partition coefficient (Wildman–Crippen LogP) is 2.19. The summed E-state index contributed by atoms with van der Waals surface area (Å²) in [4.78, 5) is 11.6. The van der Waals surface area contributed by atoms with E-state index in [1.807, 2.05) is 0 Å². The van der Waals surface area contributed by atoms with Crippen molar-refractivity contribution in [2.24, 2.45) is 0 Å². The van der Waals surface area contributed by atoms with Crippen molar-refractivity contribution in [3.05, 3.63) is 28.8 Å². The molecule has 0 radical (unpaired) electrons. The fourth-order valence-electron chi connectivity index (χ4n) is 1.15. The summed E-state index contributed by atoms with van der Waals surface area (Å²) in [7, 11) is 0. The van der Waals surface area contributed by atoms with Crippen molar-refractivity contribution in [2.75, 3.05) is 6.54 Å². The molecule has 0 saturated carbocycles. The van der Waals surface area contributed by atoms with Crippen LogP contribution in [0, 0.1) is 11.8 Å². The van der Waals surface area contributed by atoms with E-state index in [0.29, 0.717) is 18.0 Å². The zero-order valence-electron chi connectivity index (χ0n) is 8.88. The van der Waals surface area contributed by atoms with Crippen LogP contribution in [0.1, 0.15) is 23.7 Å². The number of hydrogen-bond acceptors (Lipinski definition) is 2. The second-order valence-corrected chi connectivity index (χ2v) is 3.50. The van der Waals surface area contributed by atoms with E-state index in [9.17, 15) is 9.90 Å². The van der Waals surface area contributed by atoms with Crippen LogP contribution in [-0.2, 0) is 0 Å². The van der Waals surface area contributed by atoms with E-state index in [2.05, 4.69) is 17.2 Å². The van der Waals surface area contributed by atoms with Crippen molar-refractivity contribution in [1.82, 2.24) is 5.32 Å². The normalized spacial score (nSPS) is 9.12. The van der Waals surface area contributed by atoms with Crippen LogP contribution in [0.2, 0.25) is 5.02 Å². The fraction of sp³-hybridized carbons (Fsp3) is 0.250. The molecule has 0 atom stereocenters. The number of carbonyl (C=O) groups excluding carboxylic acids is 1. The van der Waals surface area contributed by atoms with Gasteiger partial charge in [0.15, 0.2) is 0 Å². The molecule has 0 bridgehead atoms. The molecule has 0 aliphatic carbocycles. The standard InChI is InChI=1S/C12H12ClNO2/c1-2-3-4-7-14-12(16)10-8-9(15)5-6-11(10)13/h5-6,8,15H,4,7H2,1H3,(H,14,16). The number of aromatic hydroxyl groups is 1. The smallest absolute Gasteiger partial charge is 0.252 e. The summed E-state index contributed by atoms with van der Waals surface area (Å²) in [6, 6.07) is 4.25. The first-order valence-electron chi connectivity index (χ1n) is 4.81. The van der Waals surface area contributed by atoms with Crippen LogP contribution in [0.25, 0.3) is 0 Å². The fourth-order valence-corrected chi connectivity index (χ4v) is 1.35. The summed E-state index contributed by atoms with van der Waals surface area (Å²) < 4.78 is 0. The Morgan fingerprint density at radius 2 is 2.31 bits per heavy atom. The number of carbonyl (C=O) groups is 1. The average Bonchev–Trinajstić information content (AvgIpc) is 2.27. The maximum atomic E-state index is 11.6. The van der Waals surface area contributed by atoms with Crippen molar-refractivity contribution in [1.29, 1.82) is 0 Å². The lowest BCUT2D eigenvalue weighted by Crippen LogP contribution is -2.24. The molecule has 0 fully saturated rings. The zero-order chi connectivity index (χ0) is 12.0. The molecule has 1 amide bonds. The maximum absolute atomic E-state index is 11.6. The predicted molar refractivity (Wildman–Crippen MR) is 63.5 cm³/mol. The molecule has 16 heavy (non-hydrogen) atoms. The van der Waals surface area contributed by atoms with Gasteiger partial charge in [0.2, 0.25) is 0 Å². The summed E-state index contributed by atoms with van der Waals surface area (Å²) in [6.45, 7) is 2.21. The second kappa shape index (κ2) is 6.04. The Morgan fingerprint density at radius 1 is 1.56 bits per heavy atom. The van der Waals surface area contributed by atoms with Crippen LogP contribution in [-0.4, -0.2) is 17.6 Å². The highest BCUT2D eigenvalue weighted by molar-refractivity contribution is 6.33. The van der Waals surface area contributed by atoms with E-state index < -0.39 is 0 Å². The third-order valence-corrected chi connectivity index (χ3v) is 2.24. The van der Waals surface area contributed by atoms with Crippen LogP contribution >= 0.6 is 11.6 Å². The number of phenolic OH excluding ortho intramolecular Hbond substituents is 1. The molecule has 0 saturated heterocycles. The van der Waals surface area contributed by atoms with Crippen molar-refractivity contribution in [3.63, 3.8) is 0 Å². The van der Waals surface area contributed by atoms with E-state index >= 15 is 0 Å². The summed E-state index contributed by atoms with van der Waals surface area (Å²) in [5.74, 6) is 5.28. The lowest BCUT2D eigenvalue weighted by Gasteiger charge is -2.05. The lowest BCUT2D eigenvalue weighted by atomic mass is 10.2. The summed E-state index contributed by atoms with van der Waals surface area (Å²) in [6.07, 6.45) is 0.596. The van der Waals surface area contributed by atoms with Crippen molar-refractivity contribution in [2.45, 2.75) is 13.3 Å². The summed E-state index contributed by atoms with van der Waals surface area (Å²) >= 11 is 5.83. The Kier molecular flexibility index (Phi) is 4.68. The zero-order valence-corrected chi connectivity index (χ0v) is 9.64. The molecule has 0 unspecified atom stereocenters. The first-order valence-corrected chi connectivity index (χ1v) is 5.19. The van der Waals surface area contributed by atoms with E-state index in [-0.39, 0.29) is 17.2 Å². The minimum atomic E-state index is -0.307. The van der Waals surface area contributed by atoms with Crippen molar-refractivity contribution in [3.8, 4) is 17.6 Å². The monoisotopic (exact) mass is 237 g/mol. The Morgan fingerprint density at radius 3 is 3.00 bits per heavy atom. The third kappa shape index (κ3) is 3.48. The number of phenols is 1. The van der Waals surface area contributed by atoms with Crippen LogP contribution in [0.4, 0.5) is 0 Å². The number of amides is 1. The van der Waals surface area contributed by atoms with Gasteiger partial charge in [-0.2, -0.15) is 0 Å². The number of benzene rings is 1. The molecule has 2 N–H and O–H groups in total. The third-order valence-electron chi connectivity index (χ3n) is 1.91. The maximum Gasteiger partial charge on any atom is 0.252 e. The topological polar surface area (TPSA) is 49.3 Å². The molecule has 0 spiro atoms. The van der Waals surface area contributed by atoms with E-state index in [1.54, 1.807) is 6.92 Å². The molecule has 4 heteroatoms. The molecule has 0 aliphatic rings. The van der Waals surface area contributed by atoms with Gasteiger partial charge < -0.3 is 10.4 Å². The van der Waals surface area contributed by atoms with Gasteiger partial charge in [-0.15, -0.1) is 11.8 Å². The first kappa shape index (κ1) is 12.4. The van der Waals surface area contributed by atoms with Gasteiger partial charge >= 0.3 is 0 Å². The average molecular weight is 238 g/mol. The van der Waals surface area contributed by atoms with Gasteiger partial charge in [0.05, 0.1) is 10.6 Å². The van der Waals surface area contributed by atoms with Crippen LogP contribution in [0.5, 0.6) is 5.75 Å². The van der Waals surface area contributed by atoms with Crippen molar-refractivity contribution < 1.29 is 9.90 Å². The number of rotatable bonds is 3. The van der Waals surface area contributed by atoms with Crippen molar-refractivity contribution >= 4 is 17.5 Å². The highest BCUT2D eigenvalue weighted by Gasteiger charge is 2.09. The van der Waals surface area contributed by atoms with E-state index in [4.69, 9.17) is 11.6 Å². The van der Waals surface area contributed by atoms with Crippen LogP contribution in [0.15, 0.2) is 18.2 Å². The molecule has 3 nitrogen and oxygen atoms in total. The largest absolute Gasteiger partial charge is 0.508 e. The Balaban J connectivity index is 2.64. The van der Waals surface area contributed by atoms with E-state index in [0.717, 1.165) is 0 Å². The quantitative estimate of drug-likeness (QED) is 0.626. The van der Waals surface area contributed by atoms with Gasteiger partial charge in [-0.3, -0.25) is 4.79 Å². The second-order valence-electron chi connectivity index (χ2n) is 3.10. The summed E-state index contributed by atoms with van der Waals surface area (Å²) in [5, 5.41) is 12.2. The van der Waals surface area contributed by atoms with Gasteiger partial charge in [0, 0.05) is 13.0 Å². The summed E-state index contributed by atoms with van der Waals surface area (Å²) in [5.41, 5.74) is 0.270. The minimum absolute atomic E-state index is 0.0166. The molecule has 1 aromatic rings. The first-order chi connectivity index (χ1) is 7.65. The molecular weight excluding hydrogens is 226 g/mol. The molecule has 0 aromatic heterocycles. The molecule has 0 aliphatic heterocycles. The molecule has 84 valence electrons. The van der Waals surface area contributed by atoms with Gasteiger partial charge in [-0.25, -0.2) is 0 Å². The van der Waals surface area contributed by atoms with Crippen LogP contribution in [0.3, 0.4) is 0 Å². The van der Waals surface area contributed by atoms with Gasteiger partial charge in [-0.05, 0) is 25.1 Å². The Labute approximate surface area is 99.4 Å². The number of halogens is 1. The lowest BCUT2D eigenvalue weighted by molar-refractivity contribution is 0.0954. The Bertz CT molecular complexity index is 446. The molecule has 0 heterocycles. The van der Waals surface area contributed by atoms with E-state index in [1.165, 1.54) is 18.2 Å². The Hall–Kier alpha value is -1.66. The van der Waals surface area contributed by atoms with Gasteiger partial charge in [0.25, 0.3) is 5.91 Å². The highest BCUT2D eigenvalue weighted by Crippen LogP contribution is 2.20. The number of hydrogen-bond donors (Lipinski definition) is 2. The number of nitrogens with one attached hydrogen (secondary N) is 1. The molecular formula is C12H12ClNO2. The highest BCUT2D eigenvalue weighted by atomic mass is 35.5. The molecule has 1 aromatic carbocycles. The minimum Gasteiger partial charge on any atom is -0.508 e. The molecule has 1 rings (SSSR count). The SMILES string of the molecule is CC#CCCNC(=O)c1cc(O)ccc1Cl. The van der Waals surface area contributed by atoms with Gasteiger partial charge in [0.1, 0.15) is 5.75 Å². The van der Waals surface area contributed by atoms with Crippen LogP contribution < -0.4 is 5.32 Å².